The molecule has 4 rings (SSSR count). The van der Waals surface area contributed by atoms with E-state index in [0.717, 1.165) is 22.3 Å². The van der Waals surface area contributed by atoms with Crippen molar-refractivity contribution in [3.05, 3.63) is 54.1 Å². The Morgan fingerprint density at radius 3 is 2.56 bits per heavy atom. The SMILES string of the molecule is CC(C)N(C)c1nc2cc(C(=O)O)ccc2nc1-c1cc2ccccc2[nH]1. The van der Waals surface area contributed by atoms with Crippen LogP contribution in [0.1, 0.15) is 24.2 Å². The molecule has 6 nitrogen and oxygen atoms in total. The molecular weight excluding hydrogens is 340 g/mol. The zero-order valence-corrected chi connectivity index (χ0v) is 15.4. The Morgan fingerprint density at radius 2 is 1.85 bits per heavy atom. The molecule has 0 saturated heterocycles. The van der Waals surface area contributed by atoms with Gasteiger partial charge in [0, 0.05) is 24.0 Å². The van der Waals surface area contributed by atoms with Gasteiger partial charge in [0.1, 0.15) is 5.69 Å². The maximum absolute atomic E-state index is 11.3. The van der Waals surface area contributed by atoms with Gasteiger partial charge in [-0.15, -0.1) is 0 Å². The molecule has 0 aliphatic carbocycles. The van der Waals surface area contributed by atoms with E-state index < -0.39 is 5.97 Å². The predicted octanol–water partition coefficient (Wildman–Crippen LogP) is 4.32. The van der Waals surface area contributed by atoms with Gasteiger partial charge in [-0.2, -0.15) is 0 Å². The second-order valence-corrected chi connectivity index (χ2v) is 6.88. The number of carboxylic acids is 1. The highest BCUT2D eigenvalue weighted by molar-refractivity contribution is 5.94. The van der Waals surface area contributed by atoms with E-state index in [1.807, 2.05) is 30.1 Å². The van der Waals surface area contributed by atoms with Gasteiger partial charge in [-0.3, -0.25) is 0 Å². The summed E-state index contributed by atoms with van der Waals surface area (Å²) in [7, 11) is 1.97. The molecule has 4 aromatic rings. The first-order valence-corrected chi connectivity index (χ1v) is 8.80. The van der Waals surface area contributed by atoms with Crippen LogP contribution in [-0.4, -0.2) is 39.1 Å². The number of fused-ring (bicyclic) bond motifs is 2. The van der Waals surface area contributed by atoms with Gasteiger partial charge in [-0.05, 0) is 44.2 Å². The van der Waals surface area contributed by atoms with Gasteiger partial charge in [0.15, 0.2) is 5.82 Å². The number of hydrogen-bond donors (Lipinski definition) is 2. The first kappa shape index (κ1) is 17.0. The fourth-order valence-corrected chi connectivity index (χ4v) is 3.05. The standard InChI is InChI=1S/C21H20N4O2/c1-12(2)25(3)20-19(18-10-13-6-4-5-7-15(13)22-18)23-16-9-8-14(21(26)27)11-17(16)24-20/h4-12,22H,1-3H3,(H,26,27). The number of rotatable bonds is 4. The summed E-state index contributed by atoms with van der Waals surface area (Å²) in [6.45, 7) is 4.16. The minimum atomic E-state index is -0.975. The number of nitrogens with one attached hydrogen (secondary N) is 1. The number of aromatic amines is 1. The predicted molar refractivity (Wildman–Crippen MR) is 107 cm³/mol. The lowest BCUT2D eigenvalue weighted by Gasteiger charge is -2.24. The molecule has 0 fully saturated rings. The van der Waals surface area contributed by atoms with Gasteiger partial charge in [0.25, 0.3) is 0 Å². The number of aromatic nitrogens is 3. The van der Waals surface area contributed by atoms with Gasteiger partial charge >= 0.3 is 5.97 Å². The van der Waals surface area contributed by atoms with Crippen LogP contribution in [0.2, 0.25) is 0 Å². The molecule has 0 amide bonds. The molecule has 0 spiro atoms. The fraction of sp³-hybridized carbons (Fsp3) is 0.190. The van der Waals surface area contributed by atoms with E-state index in [0.29, 0.717) is 16.9 Å². The van der Waals surface area contributed by atoms with Crippen molar-refractivity contribution >= 4 is 33.7 Å². The first-order chi connectivity index (χ1) is 12.9. The van der Waals surface area contributed by atoms with Crippen LogP contribution in [-0.2, 0) is 0 Å². The smallest absolute Gasteiger partial charge is 0.335 e. The molecule has 2 aromatic carbocycles. The van der Waals surface area contributed by atoms with Crippen LogP contribution in [0.15, 0.2) is 48.5 Å². The third-order valence-corrected chi connectivity index (χ3v) is 4.79. The van der Waals surface area contributed by atoms with Crippen LogP contribution < -0.4 is 4.90 Å². The molecule has 136 valence electrons. The summed E-state index contributed by atoms with van der Waals surface area (Å²) in [6.07, 6.45) is 0. The average molecular weight is 360 g/mol. The summed E-state index contributed by atoms with van der Waals surface area (Å²) >= 11 is 0. The van der Waals surface area contributed by atoms with Gasteiger partial charge in [0.2, 0.25) is 0 Å². The lowest BCUT2D eigenvalue weighted by molar-refractivity contribution is 0.0697. The van der Waals surface area contributed by atoms with E-state index in [-0.39, 0.29) is 11.6 Å². The van der Waals surface area contributed by atoms with Crippen molar-refractivity contribution in [1.29, 1.82) is 0 Å². The minimum Gasteiger partial charge on any atom is -0.478 e. The normalized spacial score (nSPS) is 11.4. The van der Waals surface area contributed by atoms with Crippen molar-refractivity contribution in [3.63, 3.8) is 0 Å². The number of carboxylic acid groups (broad SMARTS) is 1. The first-order valence-electron chi connectivity index (χ1n) is 8.80. The van der Waals surface area contributed by atoms with Crippen LogP contribution in [0, 0.1) is 0 Å². The zero-order valence-electron chi connectivity index (χ0n) is 15.4. The number of aromatic carboxylic acids is 1. The summed E-state index contributed by atoms with van der Waals surface area (Å²) < 4.78 is 0. The van der Waals surface area contributed by atoms with E-state index in [4.69, 9.17) is 9.97 Å². The highest BCUT2D eigenvalue weighted by Crippen LogP contribution is 2.32. The molecule has 0 aliphatic heterocycles. The summed E-state index contributed by atoms with van der Waals surface area (Å²) in [5, 5.41) is 10.4. The highest BCUT2D eigenvalue weighted by atomic mass is 16.4. The number of nitrogens with zero attached hydrogens (tertiary/aromatic N) is 3. The number of benzene rings is 2. The van der Waals surface area contributed by atoms with Crippen molar-refractivity contribution in [3.8, 4) is 11.4 Å². The van der Waals surface area contributed by atoms with Crippen molar-refractivity contribution in [1.82, 2.24) is 15.0 Å². The molecular formula is C21H20N4O2. The number of hydrogen-bond acceptors (Lipinski definition) is 4. The van der Waals surface area contributed by atoms with Crippen LogP contribution in [0.25, 0.3) is 33.3 Å². The van der Waals surface area contributed by atoms with Gasteiger partial charge in [0.05, 0.1) is 22.3 Å². The van der Waals surface area contributed by atoms with Gasteiger partial charge in [-0.25, -0.2) is 14.8 Å². The van der Waals surface area contributed by atoms with E-state index in [9.17, 15) is 9.90 Å². The number of anilines is 1. The van der Waals surface area contributed by atoms with Gasteiger partial charge < -0.3 is 15.0 Å². The molecule has 0 aliphatic rings. The number of H-pyrrole nitrogens is 1. The maximum atomic E-state index is 11.3. The summed E-state index contributed by atoms with van der Waals surface area (Å²) in [5.41, 5.74) is 4.10. The molecule has 0 unspecified atom stereocenters. The topological polar surface area (TPSA) is 82.1 Å². The van der Waals surface area contributed by atoms with E-state index >= 15 is 0 Å². The van der Waals surface area contributed by atoms with Gasteiger partial charge in [-0.1, -0.05) is 18.2 Å². The summed E-state index contributed by atoms with van der Waals surface area (Å²) in [5.74, 6) is -0.260. The maximum Gasteiger partial charge on any atom is 0.335 e. The molecule has 2 aromatic heterocycles. The third kappa shape index (κ3) is 2.99. The van der Waals surface area contributed by atoms with E-state index in [1.54, 1.807) is 18.2 Å². The summed E-state index contributed by atoms with van der Waals surface area (Å²) in [6, 6.07) is 15.2. The quantitative estimate of drug-likeness (QED) is 0.566. The Hall–Kier alpha value is -3.41. The van der Waals surface area contributed by atoms with Crippen LogP contribution in [0.3, 0.4) is 0 Å². The zero-order chi connectivity index (χ0) is 19.1. The molecule has 0 atom stereocenters. The van der Waals surface area contributed by atoms with Crippen LogP contribution >= 0.6 is 0 Å². The Bertz CT molecular complexity index is 1130. The summed E-state index contributed by atoms with van der Waals surface area (Å²) in [4.78, 5) is 26.3. The number of para-hydroxylation sites is 1. The van der Waals surface area contributed by atoms with Crippen molar-refractivity contribution in [2.45, 2.75) is 19.9 Å². The monoisotopic (exact) mass is 360 g/mol. The molecule has 2 N–H and O–H groups in total. The Morgan fingerprint density at radius 1 is 1.07 bits per heavy atom. The molecule has 27 heavy (non-hydrogen) atoms. The van der Waals surface area contributed by atoms with Crippen LogP contribution in [0.4, 0.5) is 5.82 Å². The van der Waals surface area contributed by atoms with E-state index in [1.165, 1.54) is 0 Å². The molecule has 0 radical (unpaired) electrons. The lowest BCUT2D eigenvalue weighted by Crippen LogP contribution is -2.27. The Kier molecular flexibility index (Phi) is 4.03. The fourth-order valence-electron chi connectivity index (χ4n) is 3.05. The largest absolute Gasteiger partial charge is 0.478 e. The second kappa shape index (κ2) is 6.39. The average Bonchev–Trinajstić information content (AvgIpc) is 3.09. The van der Waals surface area contributed by atoms with Crippen LogP contribution in [0.5, 0.6) is 0 Å². The third-order valence-electron chi connectivity index (χ3n) is 4.79. The number of carbonyl (C=O) groups is 1. The molecule has 0 saturated carbocycles. The van der Waals surface area contributed by atoms with Crippen molar-refractivity contribution < 1.29 is 9.90 Å². The van der Waals surface area contributed by atoms with Crippen molar-refractivity contribution in [2.24, 2.45) is 0 Å². The highest BCUT2D eigenvalue weighted by Gasteiger charge is 2.19. The molecule has 6 heteroatoms. The lowest BCUT2D eigenvalue weighted by atomic mass is 10.1. The molecule has 2 heterocycles. The molecule has 0 bridgehead atoms. The second-order valence-electron chi connectivity index (χ2n) is 6.88. The minimum absolute atomic E-state index is 0.202. The Balaban J connectivity index is 1.97. The van der Waals surface area contributed by atoms with Crippen molar-refractivity contribution in [2.75, 3.05) is 11.9 Å². The van der Waals surface area contributed by atoms with E-state index in [2.05, 4.69) is 31.0 Å². The Labute approximate surface area is 156 Å².